The van der Waals surface area contributed by atoms with Crippen molar-refractivity contribution in [3.63, 3.8) is 0 Å². The molecule has 1 heterocycles. The molecule has 1 saturated carbocycles. The molecule has 0 unspecified atom stereocenters. The summed E-state index contributed by atoms with van der Waals surface area (Å²) in [5, 5.41) is 8.92. The molecule has 7 nitrogen and oxygen atoms in total. The van der Waals surface area contributed by atoms with Crippen LogP contribution in [0.5, 0.6) is 0 Å². The zero-order valence-corrected chi connectivity index (χ0v) is 14.4. The molecule has 142 valence electrons. The third-order valence-electron chi connectivity index (χ3n) is 4.75. The Balaban J connectivity index is 1.97. The van der Waals surface area contributed by atoms with E-state index in [1.807, 2.05) is 11.9 Å². The average molecular weight is 361 g/mol. The van der Waals surface area contributed by atoms with E-state index in [4.69, 9.17) is 5.11 Å². The fourth-order valence-corrected chi connectivity index (χ4v) is 3.16. The highest BCUT2D eigenvalue weighted by atomic mass is 19.3. The van der Waals surface area contributed by atoms with Crippen LogP contribution in [0.2, 0.25) is 0 Å². The number of rotatable bonds is 3. The van der Waals surface area contributed by atoms with Crippen molar-refractivity contribution in [1.29, 1.82) is 0 Å². The normalized spacial score (nSPS) is 23.7. The first-order valence-corrected chi connectivity index (χ1v) is 8.53. The van der Waals surface area contributed by atoms with Gasteiger partial charge in [-0.25, -0.2) is 8.78 Å². The number of halogens is 2. The number of alkyl halides is 2. The molecular weight excluding hydrogens is 336 g/mol. The van der Waals surface area contributed by atoms with E-state index in [0.29, 0.717) is 39.1 Å². The molecule has 1 N–H and O–H groups in total. The van der Waals surface area contributed by atoms with Crippen LogP contribution in [-0.4, -0.2) is 89.8 Å². The van der Waals surface area contributed by atoms with Crippen LogP contribution >= 0.6 is 0 Å². The SMILES string of the molecule is CN1CCN(CC(=O)O)C(=O)CCCN(C(=O)C2CC(F)(F)C2)CC1. The predicted molar refractivity (Wildman–Crippen MR) is 85.2 cm³/mol. The molecule has 0 bridgehead atoms. The van der Waals surface area contributed by atoms with E-state index in [1.165, 1.54) is 4.90 Å². The number of carboxylic acids is 1. The molecule has 2 fully saturated rings. The van der Waals surface area contributed by atoms with Gasteiger partial charge in [0.05, 0.1) is 0 Å². The monoisotopic (exact) mass is 361 g/mol. The number of nitrogens with zero attached hydrogens (tertiary/aromatic N) is 3. The van der Waals surface area contributed by atoms with Gasteiger partial charge in [0, 0.05) is 57.9 Å². The first kappa shape index (κ1) is 19.6. The van der Waals surface area contributed by atoms with Crippen LogP contribution in [0, 0.1) is 5.92 Å². The summed E-state index contributed by atoms with van der Waals surface area (Å²) in [5.74, 6) is -4.97. The smallest absolute Gasteiger partial charge is 0.323 e. The molecular formula is C16H25F2N3O4. The molecule has 0 spiro atoms. The van der Waals surface area contributed by atoms with Crippen molar-refractivity contribution in [2.75, 3.05) is 46.3 Å². The van der Waals surface area contributed by atoms with Gasteiger partial charge in [0.15, 0.2) is 0 Å². The molecule has 0 aromatic rings. The standard InChI is InChI=1S/C16H25F2N3O4/c1-19-5-7-20(15(25)12-9-16(17,18)10-12)4-2-3-13(22)21(8-6-19)11-14(23)24/h12H,2-11H2,1H3,(H,23,24). The number of carbonyl (C=O) groups excluding carboxylic acids is 2. The molecule has 2 rings (SSSR count). The predicted octanol–water partition coefficient (Wildman–Crippen LogP) is 0.499. The number of amides is 2. The van der Waals surface area contributed by atoms with Gasteiger partial charge >= 0.3 is 5.97 Å². The number of likely N-dealkylation sites (N-methyl/N-ethyl adjacent to an activating group) is 1. The Morgan fingerprint density at radius 3 is 2.40 bits per heavy atom. The Hall–Kier alpha value is -1.77. The van der Waals surface area contributed by atoms with Crippen LogP contribution in [0.1, 0.15) is 25.7 Å². The fourth-order valence-electron chi connectivity index (χ4n) is 3.16. The number of hydrogen-bond acceptors (Lipinski definition) is 4. The van der Waals surface area contributed by atoms with Gasteiger partial charge in [-0.15, -0.1) is 0 Å². The maximum absolute atomic E-state index is 13.0. The van der Waals surface area contributed by atoms with E-state index in [9.17, 15) is 23.2 Å². The number of carboxylic acid groups (broad SMARTS) is 1. The average Bonchev–Trinajstić information content (AvgIpc) is 2.52. The van der Waals surface area contributed by atoms with Gasteiger partial charge in [-0.2, -0.15) is 0 Å². The van der Waals surface area contributed by atoms with Crippen molar-refractivity contribution in [3.8, 4) is 0 Å². The second kappa shape index (κ2) is 8.07. The third kappa shape index (κ3) is 5.62. The molecule has 0 aromatic carbocycles. The number of carbonyl (C=O) groups is 3. The topological polar surface area (TPSA) is 81.2 Å². The Morgan fingerprint density at radius 2 is 1.80 bits per heavy atom. The van der Waals surface area contributed by atoms with E-state index < -0.39 is 30.7 Å². The van der Waals surface area contributed by atoms with Crippen LogP contribution in [0.15, 0.2) is 0 Å². The lowest BCUT2D eigenvalue weighted by Crippen LogP contribution is -2.48. The first-order valence-electron chi connectivity index (χ1n) is 8.53. The van der Waals surface area contributed by atoms with Crippen molar-refractivity contribution in [2.24, 2.45) is 5.92 Å². The quantitative estimate of drug-likeness (QED) is 0.792. The zero-order chi connectivity index (χ0) is 18.6. The maximum atomic E-state index is 13.0. The zero-order valence-electron chi connectivity index (χ0n) is 14.4. The Bertz CT molecular complexity index is 522. The minimum atomic E-state index is -2.74. The van der Waals surface area contributed by atoms with Gasteiger partial charge in [0.25, 0.3) is 0 Å². The highest BCUT2D eigenvalue weighted by Crippen LogP contribution is 2.43. The molecule has 2 aliphatic rings. The first-order chi connectivity index (χ1) is 11.7. The van der Waals surface area contributed by atoms with E-state index in [2.05, 4.69) is 0 Å². The summed E-state index contributed by atoms with van der Waals surface area (Å²) in [7, 11) is 1.82. The summed E-state index contributed by atoms with van der Waals surface area (Å²) >= 11 is 0. The van der Waals surface area contributed by atoms with E-state index in [-0.39, 0.29) is 24.8 Å². The molecule has 1 aliphatic heterocycles. The lowest BCUT2D eigenvalue weighted by atomic mass is 9.80. The molecule has 1 aliphatic carbocycles. The summed E-state index contributed by atoms with van der Waals surface area (Å²) in [6, 6.07) is 0. The lowest BCUT2D eigenvalue weighted by Gasteiger charge is -2.37. The summed E-state index contributed by atoms with van der Waals surface area (Å²) in [6.45, 7) is 1.75. The Kier molecular flexibility index (Phi) is 6.31. The van der Waals surface area contributed by atoms with Gasteiger partial charge in [-0.3, -0.25) is 14.4 Å². The molecule has 0 aromatic heterocycles. The van der Waals surface area contributed by atoms with Gasteiger partial charge in [-0.05, 0) is 13.5 Å². The minimum absolute atomic E-state index is 0.140. The van der Waals surface area contributed by atoms with Crippen molar-refractivity contribution in [1.82, 2.24) is 14.7 Å². The largest absolute Gasteiger partial charge is 0.480 e. The van der Waals surface area contributed by atoms with Crippen molar-refractivity contribution >= 4 is 17.8 Å². The van der Waals surface area contributed by atoms with Crippen LogP contribution in [0.3, 0.4) is 0 Å². The van der Waals surface area contributed by atoms with Gasteiger partial charge in [0.2, 0.25) is 17.7 Å². The van der Waals surface area contributed by atoms with Crippen LogP contribution in [0.25, 0.3) is 0 Å². The van der Waals surface area contributed by atoms with Crippen LogP contribution < -0.4 is 0 Å². The lowest BCUT2D eigenvalue weighted by molar-refractivity contribution is -0.160. The Morgan fingerprint density at radius 1 is 1.16 bits per heavy atom. The summed E-state index contributed by atoms with van der Waals surface area (Å²) in [6.07, 6.45) is -0.262. The number of aliphatic carboxylic acids is 1. The van der Waals surface area contributed by atoms with Crippen LogP contribution in [0.4, 0.5) is 8.78 Å². The third-order valence-corrected chi connectivity index (χ3v) is 4.75. The summed E-state index contributed by atoms with van der Waals surface area (Å²) in [4.78, 5) is 40.3. The van der Waals surface area contributed by atoms with Gasteiger partial charge in [-0.1, -0.05) is 0 Å². The van der Waals surface area contributed by atoms with E-state index in [1.54, 1.807) is 4.90 Å². The van der Waals surface area contributed by atoms with Gasteiger partial charge in [0.1, 0.15) is 6.54 Å². The van der Waals surface area contributed by atoms with Gasteiger partial charge < -0.3 is 19.8 Å². The van der Waals surface area contributed by atoms with Crippen molar-refractivity contribution < 1.29 is 28.3 Å². The molecule has 9 heteroatoms. The highest BCUT2D eigenvalue weighted by molar-refractivity contribution is 5.82. The highest BCUT2D eigenvalue weighted by Gasteiger charge is 2.49. The second-order valence-electron chi connectivity index (χ2n) is 6.90. The molecule has 2 amide bonds. The van der Waals surface area contributed by atoms with E-state index in [0.717, 1.165) is 0 Å². The molecule has 1 saturated heterocycles. The second-order valence-corrected chi connectivity index (χ2v) is 6.90. The summed E-state index contributed by atoms with van der Waals surface area (Å²) < 4.78 is 26.0. The molecule has 0 atom stereocenters. The maximum Gasteiger partial charge on any atom is 0.323 e. The van der Waals surface area contributed by atoms with E-state index >= 15 is 0 Å². The number of hydrogen-bond donors (Lipinski definition) is 1. The Labute approximate surface area is 145 Å². The fraction of sp³-hybridized carbons (Fsp3) is 0.812. The van der Waals surface area contributed by atoms with Crippen LogP contribution in [-0.2, 0) is 14.4 Å². The summed E-state index contributed by atoms with van der Waals surface area (Å²) in [5.41, 5.74) is 0. The molecule has 25 heavy (non-hydrogen) atoms. The minimum Gasteiger partial charge on any atom is -0.480 e. The van der Waals surface area contributed by atoms with Crippen molar-refractivity contribution in [2.45, 2.75) is 31.6 Å². The molecule has 0 radical (unpaired) electrons. The van der Waals surface area contributed by atoms with Crippen molar-refractivity contribution in [3.05, 3.63) is 0 Å².